The second-order valence-corrected chi connectivity index (χ2v) is 16.5. The van der Waals surface area contributed by atoms with E-state index >= 15 is 0 Å². The van der Waals surface area contributed by atoms with Crippen LogP contribution >= 0.6 is 0 Å². The molecule has 54 heavy (non-hydrogen) atoms. The first-order chi connectivity index (χ1) is 25.8. The van der Waals surface area contributed by atoms with Crippen molar-refractivity contribution in [1.82, 2.24) is 25.3 Å². The molecule has 304 valence electrons. The fourth-order valence-electron chi connectivity index (χ4n) is 9.47. The number of ether oxygens (including phenoxy) is 3. The Hall–Kier alpha value is -3.06. The molecule has 12 heteroatoms. The number of carbonyl (C=O) groups is 4. The molecule has 2 saturated heterocycles. The van der Waals surface area contributed by atoms with Crippen molar-refractivity contribution in [3.63, 3.8) is 0 Å². The molecule has 12 nitrogen and oxygen atoms in total. The van der Waals surface area contributed by atoms with E-state index in [1.54, 1.807) is 33.3 Å². The smallest absolute Gasteiger partial charge is 0.245 e. The van der Waals surface area contributed by atoms with Crippen molar-refractivity contribution in [2.45, 2.75) is 134 Å². The van der Waals surface area contributed by atoms with E-state index in [0.29, 0.717) is 38.0 Å². The van der Waals surface area contributed by atoms with Gasteiger partial charge in [-0.25, -0.2) is 0 Å². The topological polar surface area (TPSA) is 130 Å². The Morgan fingerprint density at radius 2 is 1.67 bits per heavy atom. The van der Waals surface area contributed by atoms with Gasteiger partial charge in [0.25, 0.3) is 0 Å². The summed E-state index contributed by atoms with van der Waals surface area (Å²) in [6, 6.07) is 8.59. The molecule has 0 aromatic heterocycles. The van der Waals surface area contributed by atoms with Crippen LogP contribution in [0.25, 0.3) is 0 Å². The quantitative estimate of drug-likeness (QED) is 0.205. The van der Waals surface area contributed by atoms with Gasteiger partial charge in [0.1, 0.15) is 6.04 Å². The van der Waals surface area contributed by atoms with E-state index in [0.717, 1.165) is 37.7 Å². The van der Waals surface area contributed by atoms with E-state index < -0.39 is 30.2 Å². The normalized spacial score (nSPS) is 25.1. The van der Waals surface area contributed by atoms with E-state index in [-0.39, 0.29) is 60.0 Å². The Kier molecular flexibility index (Phi) is 16.3. The first kappa shape index (κ1) is 43.7. The van der Waals surface area contributed by atoms with Crippen LogP contribution in [0.15, 0.2) is 30.3 Å². The number of likely N-dealkylation sites (N-methyl/N-ethyl adjacent to an activating group) is 2. The fraction of sp³-hybridized carbons (Fsp3) is 0.762. The fourth-order valence-corrected chi connectivity index (χ4v) is 9.47. The van der Waals surface area contributed by atoms with Crippen molar-refractivity contribution in [3.8, 4) is 0 Å². The highest BCUT2D eigenvalue weighted by Gasteiger charge is 2.48. The molecule has 0 radical (unpaired) electrons. The largest absolute Gasteiger partial charge is 0.383 e. The number of likely N-dealkylation sites (tertiary alicyclic amines) is 2. The molecule has 1 saturated carbocycles. The van der Waals surface area contributed by atoms with Gasteiger partial charge in [0.05, 0.1) is 55.3 Å². The number of benzene rings is 1. The molecule has 3 aliphatic rings. The summed E-state index contributed by atoms with van der Waals surface area (Å²) in [7, 11) is 8.61. The molecule has 3 unspecified atom stereocenters. The molecule has 0 spiro atoms. The summed E-state index contributed by atoms with van der Waals surface area (Å²) in [5, 5.41) is 6.31. The molecule has 1 aromatic carbocycles. The van der Waals surface area contributed by atoms with Gasteiger partial charge in [0.2, 0.25) is 23.6 Å². The lowest BCUT2D eigenvalue weighted by molar-refractivity contribution is -0.148. The van der Waals surface area contributed by atoms with Crippen LogP contribution in [0.5, 0.6) is 0 Å². The summed E-state index contributed by atoms with van der Waals surface area (Å²) in [5.74, 6) is -0.822. The van der Waals surface area contributed by atoms with Gasteiger partial charge in [-0.05, 0) is 68.9 Å². The zero-order chi connectivity index (χ0) is 39.7. The summed E-state index contributed by atoms with van der Waals surface area (Å²) in [6.45, 7) is 10.8. The lowest BCUT2D eigenvalue weighted by Gasteiger charge is -2.41. The van der Waals surface area contributed by atoms with Crippen LogP contribution in [0.3, 0.4) is 0 Å². The first-order valence-corrected chi connectivity index (χ1v) is 20.2. The summed E-state index contributed by atoms with van der Waals surface area (Å²) >= 11 is 0. The molecule has 1 aromatic rings. The lowest BCUT2D eigenvalue weighted by Crippen LogP contribution is -2.60. The molecule has 2 bridgehead atoms. The third-order valence-electron chi connectivity index (χ3n) is 12.7. The number of carbonyl (C=O) groups excluding carboxylic acids is 4. The predicted octanol–water partition coefficient (Wildman–Crippen LogP) is 3.90. The Labute approximate surface area is 324 Å². The molecule has 4 rings (SSSR count). The van der Waals surface area contributed by atoms with Gasteiger partial charge in [-0.15, -0.1) is 0 Å². The molecule has 1 aliphatic carbocycles. The lowest BCUT2D eigenvalue weighted by atomic mass is 9.89. The molecule has 2 heterocycles. The van der Waals surface area contributed by atoms with Crippen molar-refractivity contribution >= 4 is 23.6 Å². The summed E-state index contributed by atoms with van der Waals surface area (Å²) < 4.78 is 17.5. The highest BCUT2D eigenvalue weighted by molar-refractivity contribution is 5.90. The van der Waals surface area contributed by atoms with Gasteiger partial charge in [0, 0.05) is 41.0 Å². The number of nitrogens with zero attached hydrogens (tertiary/aromatic N) is 3. The minimum atomic E-state index is -0.705. The molecule has 3 fully saturated rings. The Balaban J connectivity index is 1.45. The van der Waals surface area contributed by atoms with Crippen molar-refractivity contribution in [2.24, 2.45) is 23.7 Å². The maximum Gasteiger partial charge on any atom is 0.245 e. The van der Waals surface area contributed by atoms with E-state index in [1.165, 1.54) is 0 Å². The maximum atomic E-state index is 14.3. The zero-order valence-electron chi connectivity index (χ0n) is 34.6. The predicted molar refractivity (Wildman–Crippen MR) is 210 cm³/mol. The molecule has 2 N–H and O–H groups in total. The number of piperidine rings is 1. The summed E-state index contributed by atoms with van der Waals surface area (Å²) in [6.07, 6.45) is 5.08. The third kappa shape index (κ3) is 10.2. The average molecular weight is 756 g/mol. The van der Waals surface area contributed by atoms with Crippen LogP contribution in [0.4, 0.5) is 0 Å². The van der Waals surface area contributed by atoms with Crippen LogP contribution in [0, 0.1) is 23.7 Å². The zero-order valence-corrected chi connectivity index (χ0v) is 34.6. The second kappa shape index (κ2) is 20.2. The number of hydrogen-bond acceptors (Lipinski definition) is 8. The number of nitrogens with one attached hydrogen (secondary N) is 2. The van der Waals surface area contributed by atoms with Crippen molar-refractivity contribution in [3.05, 3.63) is 35.9 Å². The molecular weight excluding hydrogens is 686 g/mol. The molecule has 11 atom stereocenters. The minimum absolute atomic E-state index is 0.0117. The van der Waals surface area contributed by atoms with Gasteiger partial charge < -0.3 is 34.6 Å². The highest BCUT2D eigenvalue weighted by Crippen LogP contribution is 2.41. The van der Waals surface area contributed by atoms with Crippen LogP contribution < -0.4 is 10.6 Å². The Bertz CT molecular complexity index is 1380. The van der Waals surface area contributed by atoms with E-state index in [9.17, 15) is 19.2 Å². The minimum Gasteiger partial charge on any atom is -0.383 e. The van der Waals surface area contributed by atoms with Gasteiger partial charge in [0.15, 0.2) is 0 Å². The van der Waals surface area contributed by atoms with Crippen LogP contribution in [0.2, 0.25) is 0 Å². The van der Waals surface area contributed by atoms with Crippen LogP contribution in [0.1, 0.15) is 85.1 Å². The number of methoxy groups -OCH3 is 3. The first-order valence-electron chi connectivity index (χ1n) is 20.2. The molecule has 2 aliphatic heterocycles. The number of hydrogen-bond donors (Lipinski definition) is 2. The van der Waals surface area contributed by atoms with Crippen LogP contribution in [-0.4, -0.2) is 135 Å². The number of amides is 4. The van der Waals surface area contributed by atoms with E-state index in [1.807, 2.05) is 63.1 Å². The Morgan fingerprint density at radius 3 is 2.24 bits per heavy atom. The van der Waals surface area contributed by atoms with Crippen molar-refractivity contribution in [2.75, 3.05) is 48.6 Å². The standard InChI is InChI=1S/C42H69N5O7/c1-11-27(4)37(46(7)42(51)36(26(2)3)44-41(50)38-30-19-20-32(23-30)45(38)6)34(53-9)24-35(48)47-21-15-18-33(47)39(54-10)28(5)40(49)43-31(25-52-8)22-29-16-13-12-14-17-29/h12-14,16-17,26-28,30-34,36-39H,11,15,18-25H2,1-10H3,(H,43,49)(H,44,50)/t27-,28+,30-,31?,32+,33?,34+,36?,37-,38-,39+/m0/s1. The van der Waals surface area contributed by atoms with Gasteiger partial charge >= 0.3 is 0 Å². The highest BCUT2D eigenvalue weighted by atomic mass is 16.5. The second-order valence-electron chi connectivity index (χ2n) is 16.5. The van der Waals surface area contributed by atoms with Gasteiger partial charge in [-0.1, -0.05) is 71.4 Å². The average Bonchev–Trinajstić information content (AvgIpc) is 3.91. The van der Waals surface area contributed by atoms with Gasteiger partial charge in [-0.3, -0.25) is 24.1 Å². The maximum absolute atomic E-state index is 14.3. The summed E-state index contributed by atoms with van der Waals surface area (Å²) in [4.78, 5) is 61.6. The monoisotopic (exact) mass is 756 g/mol. The molecular formula is C42H69N5O7. The van der Waals surface area contributed by atoms with Crippen molar-refractivity contribution in [1.29, 1.82) is 0 Å². The number of fused-ring (bicyclic) bond motifs is 2. The number of rotatable bonds is 20. The van der Waals surface area contributed by atoms with Gasteiger partial charge in [-0.2, -0.15) is 0 Å². The van der Waals surface area contributed by atoms with E-state index in [2.05, 4.69) is 29.4 Å². The molecule has 4 amide bonds. The van der Waals surface area contributed by atoms with E-state index in [4.69, 9.17) is 14.2 Å². The Morgan fingerprint density at radius 1 is 0.963 bits per heavy atom. The third-order valence-corrected chi connectivity index (χ3v) is 12.7. The SMILES string of the molecule is CC[C@H](C)[C@@H]([C@@H](CC(=O)N1CCCC1[C@H](OC)[C@@H](C)C(=O)NC(COC)Cc1ccccc1)OC)N(C)C(=O)C(NC(=O)[C@@H]1[C@H]2CC[C@H](C2)N1C)C(C)C. The van der Waals surface area contributed by atoms with Crippen LogP contribution in [-0.2, 0) is 39.8 Å². The summed E-state index contributed by atoms with van der Waals surface area (Å²) in [5.41, 5.74) is 1.10. The van der Waals surface area contributed by atoms with Crippen molar-refractivity contribution < 1.29 is 33.4 Å².